The monoisotopic (exact) mass is 386 g/mol. The Morgan fingerprint density at radius 2 is 1.79 bits per heavy atom. The molecule has 29 heavy (non-hydrogen) atoms. The number of rotatable bonds is 8. The second kappa shape index (κ2) is 8.88. The Morgan fingerprint density at radius 3 is 2.59 bits per heavy atom. The first-order chi connectivity index (χ1) is 14.3. The second-order valence-corrected chi connectivity index (χ2v) is 7.04. The number of hydrogen-bond acceptors (Lipinski definition) is 4. The molecule has 0 amide bonds. The summed E-state index contributed by atoms with van der Waals surface area (Å²) in [6.45, 7) is 2.94. The first-order valence-corrected chi connectivity index (χ1v) is 10.1. The molecule has 5 nitrogen and oxygen atoms in total. The summed E-state index contributed by atoms with van der Waals surface area (Å²) in [5.41, 5.74) is 4.51. The average molecular weight is 386 g/mol. The van der Waals surface area contributed by atoms with Crippen molar-refractivity contribution in [2.75, 3.05) is 19.0 Å². The maximum Gasteiger partial charge on any atom is 0.162 e. The summed E-state index contributed by atoms with van der Waals surface area (Å²) in [5.74, 6) is 2.48. The normalized spacial score (nSPS) is 11.1. The Hall–Kier alpha value is -3.18. The molecule has 4 rings (SSSR count). The molecule has 2 aromatic heterocycles. The van der Waals surface area contributed by atoms with E-state index in [2.05, 4.69) is 29.4 Å². The molecule has 0 saturated heterocycles. The molecule has 0 aliphatic carbocycles. The number of methoxy groups -OCH3 is 1. The molecule has 0 aliphatic heterocycles. The van der Waals surface area contributed by atoms with E-state index in [1.165, 1.54) is 11.3 Å². The predicted octanol–water partition coefficient (Wildman–Crippen LogP) is 5.51. The lowest BCUT2D eigenvalue weighted by Crippen LogP contribution is -1.99. The van der Waals surface area contributed by atoms with Gasteiger partial charge in [0.2, 0.25) is 0 Å². The highest BCUT2D eigenvalue weighted by molar-refractivity contribution is 5.92. The van der Waals surface area contributed by atoms with E-state index in [9.17, 15) is 0 Å². The van der Waals surface area contributed by atoms with Gasteiger partial charge in [0.15, 0.2) is 5.82 Å². The van der Waals surface area contributed by atoms with Crippen LogP contribution in [-0.4, -0.2) is 28.7 Å². The number of para-hydroxylation sites is 1. The van der Waals surface area contributed by atoms with Crippen LogP contribution in [0.2, 0.25) is 0 Å². The van der Waals surface area contributed by atoms with Gasteiger partial charge in [-0.25, -0.2) is 9.97 Å². The van der Waals surface area contributed by atoms with Crippen molar-refractivity contribution >= 4 is 22.5 Å². The molecule has 2 N–H and O–H groups in total. The van der Waals surface area contributed by atoms with E-state index in [1.54, 1.807) is 7.11 Å². The van der Waals surface area contributed by atoms with Crippen molar-refractivity contribution in [1.29, 1.82) is 0 Å². The lowest BCUT2D eigenvalue weighted by atomic mass is 10.1. The third-order valence-electron chi connectivity index (χ3n) is 5.03. The fourth-order valence-electron chi connectivity index (χ4n) is 3.57. The van der Waals surface area contributed by atoms with Gasteiger partial charge >= 0.3 is 0 Å². The molecule has 0 unspecified atom stereocenters. The molecule has 2 aromatic carbocycles. The number of hydrogen-bond donors (Lipinski definition) is 2. The Labute approximate surface area is 171 Å². The van der Waals surface area contributed by atoms with Gasteiger partial charge in [-0.2, -0.15) is 0 Å². The lowest BCUT2D eigenvalue weighted by molar-refractivity contribution is 0.195. The minimum atomic E-state index is 0.717. The lowest BCUT2D eigenvalue weighted by Gasteiger charge is -2.10. The predicted molar refractivity (Wildman–Crippen MR) is 119 cm³/mol. The Balaban J connectivity index is 1.70. The topological polar surface area (TPSA) is 62.8 Å². The zero-order valence-corrected chi connectivity index (χ0v) is 16.9. The largest absolute Gasteiger partial charge is 0.385 e. The number of anilines is 2. The minimum Gasteiger partial charge on any atom is -0.385 e. The van der Waals surface area contributed by atoms with Crippen LogP contribution in [0.1, 0.15) is 24.6 Å². The number of nitrogens with zero attached hydrogens (tertiary/aromatic N) is 2. The Bertz CT molecular complexity index is 1090. The van der Waals surface area contributed by atoms with Gasteiger partial charge in [-0.1, -0.05) is 49.4 Å². The molecular weight excluding hydrogens is 360 g/mol. The molecule has 5 heteroatoms. The average Bonchev–Trinajstić information content (AvgIpc) is 3.16. The van der Waals surface area contributed by atoms with Gasteiger partial charge in [0.05, 0.1) is 5.52 Å². The fraction of sp³-hybridized carbons (Fsp3) is 0.250. The first kappa shape index (κ1) is 19.2. The fourth-order valence-corrected chi connectivity index (χ4v) is 3.57. The highest BCUT2D eigenvalue weighted by atomic mass is 16.5. The zero-order chi connectivity index (χ0) is 20.1. The summed E-state index contributed by atoms with van der Waals surface area (Å²) >= 11 is 0. The van der Waals surface area contributed by atoms with Gasteiger partial charge in [-0.3, -0.25) is 0 Å². The number of ether oxygens (including phenoxy) is 1. The van der Waals surface area contributed by atoms with Gasteiger partial charge in [0, 0.05) is 30.4 Å². The van der Waals surface area contributed by atoms with Crippen molar-refractivity contribution in [2.45, 2.75) is 26.2 Å². The highest BCUT2D eigenvalue weighted by Gasteiger charge is 2.12. The van der Waals surface area contributed by atoms with Crippen LogP contribution < -0.4 is 5.32 Å². The van der Waals surface area contributed by atoms with E-state index in [0.717, 1.165) is 59.8 Å². The van der Waals surface area contributed by atoms with Gasteiger partial charge in [0.25, 0.3) is 0 Å². The van der Waals surface area contributed by atoms with Crippen molar-refractivity contribution < 1.29 is 4.74 Å². The summed E-state index contributed by atoms with van der Waals surface area (Å²) in [6.07, 6.45) is 2.97. The van der Waals surface area contributed by atoms with Gasteiger partial charge < -0.3 is 15.0 Å². The zero-order valence-electron chi connectivity index (χ0n) is 16.9. The number of fused-ring (bicyclic) bond motifs is 1. The third kappa shape index (κ3) is 4.30. The number of benzene rings is 2. The van der Waals surface area contributed by atoms with Gasteiger partial charge in [-0.15, -0.1) is 0 Å². The van der Waals surface area contributed by atoms with E-state index in [4.69, 9.17) is 14.7 Å². The number of H-pyrrole nitrogens is 1. The molecular formula is C24H26N4O. The molecule has 0 atom stereocenters. The summed E-state index contributed by atoms with van der Waals surface area (Å²) in [7, 11) is 1.75. The Kier molecular flexibility index (Phi) is 5.86. The van der Waals surface area contributed by atoms with Crippen molar-refractivity contribution in [2.24, 2.45) is 0 Å². The summed E-state index contributed by atoms with van der Waals surface area (Å²) in [5, 5.41) is 4.51. The van der Waals surface area contributed by atoms with Crippen molar-refractivity contribution in [3.63, 3.8) is 0 Å². The summed E-state index contributed by atoms with van der Waals surface area (Å²) in [4.78, 5) is 13.1. The molecule has 2 heterocycles. The second-order valence-electron chi connectivity index (χ2n) is 7.04. The molecule has 0 saturated carbocycles. The van der Waals surface area contributed by atoms with Crippen LogP contribution >= 0.6 is 0 Å². The van der Waals surface area contributed by atoms with Crippen LogP contribution in [0.3, 0.4) is 0 Å². The van der Waals surface area contributed by atoms with Crippen molar-refractivity contribution in [3.8, 4) is 11.4 Å². The highest BCUT2D eigenvalue weighted by Crippen LogP contribution is 2.28. The molecule has 0 spiro atoms. The van der Waals surface area contributed by atoms with Crippen molar-refractivity contribution in [3.05, 3.63) is 71.9 Å². The molecule has 0 fully saturated rings. The van der Waals surface area contributed by atoms with Gasteiger partial charge in [0.1, 0.15) is 11.6 Å². The number of aryl methyl sites for hydroxylation is 2. The molecule has 0 radical (unpaired) electrons. The molecule has 4 aromatic rings. The number of aromatic nitrogens is 3. The molecule has 148 valence electrons. The smallest absolute Gasteiger partial charge is 0.162 e. The molecule has 0 aliphatic rings. The van der Waals surface area contributed by atoms with E-state index < -0.39 is 0 Å². The van der Waals surface area contributed by atoms with Gasteiger partial charge in [-0.05, 0) is 43.0 Å². The quantitative estimate of drug-likeness (QED) is 0.392. The van der Waals surface area contributed by atoms with Crippen LogP contribution in [-0.2, 0) is 17.6 Å². The Morgan fingerprint density at radius 1 is 1.00 bits per heavy atom. The van der Waals surface area contributed by atoms with Crippen LogP contribution in [0.25, 0.3) is 22.3 Å². The van der Waals surface area contributed by atoms with Crippen LogP contribution in [0.15, 0.2) is 60.7 Å². The maximum absolute atomic E-state index is 5.20. The summed E-state index contributed by atoms with van der Waals surface area (Å²) in [6, 6.07) is 20.4. The van der Waals surface area contributed by atoms with Crippen molar-refractivity contribution in [1.82, 2.24) is 15.0 Å². The summed E-state index contributed by atoms with van der Waals surface area (Å²) < 4.78 is 5.20. The number of nitrogens with one attached hydrogen (secondary N) is 2. The van der Waals surface area contributed by atoms with E-state index in [-0.39, 0.29) is 0 Å². The SMILES string of the molecule is CCc1[nH]c(Nc2nc(-c3ccccc3)nc3ccccc23)cc1CCCOC. The van der Waals surface area contributed by atoms with E-state index >= 15 is 0 Å². The third-order valence-corrected chi connectivity index (χ3v) is 5.03. The standard InChI is InChI=1S/C24H26N4O/c1-3-20-18(12-9-15-29-2)16-22(25-20)27-24-19-13-7-8-14-21(19)26-23(28-24)17-10-5-4-6-11-17/h4-8,10-11,13-14,16,25H,3,9,12,15H2,1-2H3,(H,26,27,28). The van der Waals surface area contributed by atoms with Crippen LogP contribution in [0.4, 0.5) is 11.6 Å². The first-order valence-electron chi connectivity index (χ1n) is 10.1. The van der Waals surface area contributed by atoms with E-state index in [1.807, 2.05) is 48.5 Å². The maximum atomic E-state index is 5.20. The molecule has 0 bridgehead atoms. The van der Waals surface area contributed by atoms with E-state index in [0.29, 0.717) is 0 Å². The number of aromatic amines is 1. The minimum absolute atomic E-state index is 0.717. The van der Waals surface area contributed by atoms with Crippen LogP contribution in [0, 0.1) is 0 Å². The van der Waals surface area contributed by atoms with Crippen LogP contribution in [0.5, 0.6) is 0 Å².